The summed E-state index contributed by atoms with van der Waals surface area (Å²) in [5.74, 6) is 0.713. The average Bonchev–Trinajstić information content (AvgIpc) is 3.15. The third kappa shape index (κ3) is 3.20. The van der Waals surface area contributed by atoms with Gasteiger partial charge in [0, 0.05) is 6.54 Å². The predicted octanol–water partition coefficient (Wildman–Crippen LogP) is 1.89. The highest BCUT2D eigenvalue weighted by Crippen LogP contribution is 2.33. The van der Waals surface area contributed by atoms with Gasteiger partial charge in [-0.3, -0.25) is 0 Å². The highest BCUT2D eigenvalue weighted by molar-refractivity contribution is 7.89. The van der Waals surface area contributed by atoms with Crippen LogP contribution in [0.5, 0.6) is 11.5 Å². The predicted molar refractivity (Wildman–Crippen MR) is 86.1 cm³/mol. The van der Waals surface area contributed by atoms with Crippen molar-refractivity contribution in [2.75, 3.05) is 13.9 Å². The van der Waals surface area contributed by atoms with Crippen LogP contribution in [-0.4, -0.2) is 28.3 Å². The number of aryl methyl sites for hydroxylation is 2. The van der Waals surface area contributed by atoms with Crippen LogP contribution < -0.4 is 14.2 Å². The van der Waals surface area contributed by atoms with E-state index in [2.05, 4.69) is 9.46 Å². The van der Waals surface area contributed by atoms with E-state index in [1.54, 1.807) is 18.2 Å². The molecule has 1 N–H and O–H groups in total. The zero-order valence-electron chi connectivity index (χ0n) is 13.9. The minimum Gasteiger partial charge on any atom is -0.465 e. The van der Waals surface area contributed by atoms with E-state index in [-0.39, 0.29) is 35.3 Å². The van der Waals surface area contributed by atoms with E-state index in [9.17, 15) is 13.2 Å². The number of hydrogen-bond donors (Lipinski definition) is 1. The molecule has 0 fully saturated rings. The van der Waals surface area contributed by atoms with Crippen LogP contribution in [0.15, 0.2) is 27.5 Å². The van der Waals surface area contributed by atoms with Crippen molar-refractivity contribution >= 4 is 16.0 Å². The van der Waals surface area contributed by atoms with Gasteiger partial charge in [-0.2, -0.15) is 0 Å². The summed E-state index contributed by atoms with van der Waals surface area (Å²) in [6.45, 7) is 3.15. The SMILES string of the molecule is COC(=O)c1c(C)oc(C)c1S(=O)(=O)NCc1ccc2c(c1)OCO2. The maximum atomic E-state index is 12.7. The van der Waals surface area contributed by atoms with Gasteiger partial charge in [-0.15, -0.1) is 0 Å². The Morgan fingerprint density at radius 1 is 1.20 bits per heavy atom. The number of benzene rings is 1. The summed E-state index contributed by atoms with van der Waals surface area (Å²) in [4.78, 5) is 11.7. The van der Waals surface area contributed by atoms with Gasteiger partial charge in [0.15, 0.2) is 11.5 Å². The highest BCUT2D eigenvalue weighted by atomic mass is 32.2. The van der Waals surface area contributed by atoms with Gasteiger partial charge in [-0.05, 0) is 31.5 Å². The molecule has 0 amide bonds. The normalized spacial score (nSPS) is 13.1. The van der Waals surface area contributed by atoms with E-state index in [1.165, 1.54) is 21.0 Å². The lowest BCUT2D eigenvalue weighted by Gasteiger charge is -2.08. The van der Waals surface area contributed by atoms with Crippen molar-refractivity contribution < 1.29 is 31.8 Å². The number of esters is 1. The molecular formula is C16H17NO7S. The number of ether oxygens (including phenoxy) is 3. The van der Waals surface area contributed by atoms with Gasteiger partial charge in [0.25, 0.3) is 0 Å². The fourth-order valence-electron chi connectivity index (χ4n) is 2.63. The Labute approximate surface area is 144 Å². The van der Waals surface area contributed by atoms with Crippen LogP contribution in [0.4, 0.5) is 0 Å². The molecule has 0 radical (unpaired) electrons. The van der Waals surface area contributed by atoms with E-state index in [0.29, 0.717) is 17.1 Å². The van der Waals surface area contributed by atoms with Crippen molar-refractivity contribution in [2.24, 2.45) is 0 Å². The quantitative estimate of drug-likeness (QED) is 0.805. The molecule has 8 nitrogen and oxygen atoms in total. The summed E-state index contributed by atoms with van der Waals surface area (Å²) in [6.07, 6.45) is 0. The largest absolute Gasteiger partial charge is 0.465 e. The van der Waals surface area contributed by atoms with Crippen LogP contribution in [0.25, 0.3) is 0 Å². The van der Waals surface area contributed by atoms with E-state index in [4.69, 9.17) is 13.9 Å². The molecular weight excluding hydrogens is 350 g/mol. The molecule has 0 saturated carbocycles. The van der Waals surface area contributed by atoms with Gasteiger partial charge in [0.2, 0.25) is 16.8 Å². The van der Waals surface area contributed by atoms with Crippen molar-refractivity contribution in [1.82, 2.24) is 4.72 Å². The molecule has 9 heteroatoms. The van der Waals surface area contributed by atoms with Crippen molar-refractivity contribution in [2.45, 2.75) is 25.3 Å². The number of rotatable bonds is 5. The maximum absolute atomic E-state index is 12.7. The van der Waals surface area contributed by atoms with Crippen LogP contribution >= 0.6 is 0 Å². The van der Waals surface area contributed by atoms with E-state index < -0.39 is 16.0 Å². The zero-order valence-corrected chi connectivity index (χ0v) is 14.7. The monoisotopic (exact) mass is 367 g/mol. The van der Waals surface area contributed by atoms with Crippen LogP contribution in [0.2, 0.25) is 0 Å². The number of hydrogen-bond acceptors (Lipinski definition) is 7. The molecule has 0 aliphatic carbocycles. The summed E-state index contributed by atoms with van der Waals surface area (Å²) in [7, 11) is -2.80. The van der Waals surface area contributed by atoms with Crippen molar-refractivity contribution in [3.63, 3.8) is 0 Å². The van der Waals surface area contributed by atoms with Gasteiger partial charge >= 0.3 is 5.97 Å². The molecule has 0 bridgehead atoms. The Hall–Kier alpha value is -2.52. The lowest BCUT2D eigenvalue weighted by atomic mass is 10.2. The number of sulfonamides is 1. The Bertz CT molecular complexity index is 930. The highest BCUT2D eigenvalue weighted by Gasteiger charge is 2.31. The standard InChI is InChI=1S/C16H17NO7S/c1-9-14(16(18)21-3)15(10(2)24-9)25(19,20)17-7-11-4-5-12-13(6-11)23-8-22-12/h4-6,17H,7-8H2,1-3H3. The first-order chi connectivity index (χ1) is 11.8. The van der Waals surface area contributed by atoms with Gasteiger partial charge < -0.3 is 18.6 Å². The molecule has 0 saturated heterocycles. The Kier molecular flexibility index (Phi) is 4.44. The molecule has 1 aliphatic heterocycles. The lowest BCUT2D eigenvalue weighted by Crippen LogP contribution is -2.25. The maximum Gasteiger partial charge on any atom is 0.342 e. The second-order valence-electron chi connectivity index (χ2n) is 5.42. The van der Waals surface area contributed by atoms with Crippen LogP contribution in [0.3, 0.4) is 0 Å². The second-order valence-corrected chi connectivity index (χ2v) is 7.13. The topological polar surface area (TPSA) is 104 Å². The summed E-state index contributed by atoms with van der Waals surface area (Å²) >= 11 is 0. The Morgan fingerprint density at radius 3 is 2.64 bits per heavy atom. The van der Waals surface area contributed by atoms with Crippen LogP contribution in [0, 0.1) is 13.8 Å². The molecule has 1 aromatic carbocycles. The number of carbonyl (C=O) groups excluding carboxylic acids is 1. The summed E-state index contributed by atoms with van der Waals surface area (Å²) < 4.78 is 48.3. The lowest BCUT2D eigenvalue weighted by molar-refractivity contribution is 0.0595. The molecule has 0 unspecified atom stereocenters. The third-order valence-electron chi connectivity index (χ3n) is 3.77. The number of methoxy groups -OCH3 is 1. The number of furan rings is 1. The number of fused-ring (bicyclic) bond motifs is 1. The fraction of sp³-hybridized carbons (Fsp3) is 0.312. The van der Waals surface area contributed by atoms with Gasteiger partial charge in [-0.1, -0.05) is 6.07 Å². The summed E-state index contributed by atoms with van der Waals surface area (Å²) in [5, 5.41) is 0. The molecule has 0 atom stereocenters. The molecule has 3 rings (SSSR count). The first kappa shape index (κ1) is 17.3. The molecule has 0 spiro atoms. The molecule has 134 valence electrons. The molecule has 2 aromatic rings. The Balaban J connectivity index is 1.87. The van der Waals surface area contributed by atoms with E-state index in [1.807, 2.05) is 0 Å². The Morgan fingerprint density at radius 2 is 1.92 bits per heavy atom. The van der Waals surface area contributed by atoms with Gasteiger partial charge in [0.1, 0.15) is 22.0 Å². The van der Waals surface area contributed by atoms with Crippen LogP contribution in [0.1, 0.15) is 27.4 Å². The molecule has 2 heterocycles. The fourth-order valence-corrected chi connectivity index (χ4v) is 4.04. The number of carbonyl (C=O) groups is 1. The van der Waals surface area contributed by atoms with E-state index >= 15 is 0 Å². The van der Waals surface area contributed by atoms with Crippen molar-refractivity contribution in [1.29, 1.82) is 0 Å². The zero-order chi connectivity index (χ0) is 18.2. The smallest absolute Gasteiger partial charge is 0.342 e. The second kappa shape index (κ2) is 6.41. The number of nitrogens with one attached hydrogen (secondary N) is 1. The minimum atomic E-state index is -3.98. The van der Waals surface area contributed by atoms with E-state index in [0.717, 1.165) is 0 Å². The van der Waals surface area contributed by atoms with Crippen molar-refractivity contribution in [3.8, 4) is 11.5 Å². The first-order valence-corrected chi connectivity index (χ1v) is 8.88. The van der Waals surface area contributed by atoms with Gasteiger partial charge in [-0.25, -0.2) is 17.9 Å². The minimum absolute atomic E-state index is 0.0171. The third-order valence-corrected chi connectivity index (χ3v) is 5.32. The van der Waals surface area contributed by atoms with Crippen LogP contribution in [-0.2, 0) is 21.3 Å². The van der Waals surface area contributed by atoms with Crippen molar-refractivity contribution in [3.05, 3.63) is 40.8 Å². The first-order valence-electron chi connectivity index (χ1n) is 7.40. The molecule has 1 aromatic heterocycles. The molecule has 25 heavy (non-hydrogen) atoms. The molecule has 1 aliphatic rings. The van der Waals surface area contributed by atoms with Gasteiger partial charge in [0.05, 0.1) is 7.11 Å². The average molecular weight is 367 g/mol. The summed E-state index contributed by atoms with van der Waals surface area (Å²) in [6, 6.07) is 5.13. The summed E-state index contributed by atoms with van der Waals surface area (Å²) in [5.41, 5.74) is 0.587.